The lowest BCUT2D eigenvalue weighted by Crippen LogP contribution is -2.32. The lowest BCUT2D eigenvalue weighted by molar-refractivity contribution is 0.0529. The molecule has 1 aromatic rings. The van der Waals surface area contributed by atoms with E-state index < -0.39 is 11.7 Å². The summed E-state index contributed by atoms with van der Waals surface area (Å²) in [5.41, 5.74) is 0.368. The SMILES string of the molecule is CC(C)(C)OC(=O)NCCC#Cc1ccsc1CO. The van der Waals surface area contributed by atoms with Crippen molar-refractivity contribution >= 4 is 17.4 Å². The van der Waals surface area contributed by atoms with Gasteiger partial charge in [-0.25, -0.2) is 4.79 Å². The normalized spacial score (nSPS) is 10.5. The zero-order valence-electron chi connectivity index (χ0n) is 11.4. The van der Waals surface area contributed by atoms with E-state index in [2.05, 4.69) is 17.2 Å². The Labute approximate surface area is 117 Å². The molecule has 0 aliphatic rings. The van der Waals surface area contributed by atoms with Crippen LogP contribution in [-0.4, -0.2) is 23.3 Å². The van der Waals surface area contributed by atoms with Crippen LogP contribution in [0.3, 0.4) is 0 Å². The first-order valence-corrected chi connectivity index (χ1v) is 6.93. The molecule has 0 unspecified atom stereocenters. The summed E-state index contributed by atoms with van der Waals surface area (Å²) in [5.74, 6) is 5.93. The number of thiophene rings is 1. The van der Waals surface area contributed by atoms with Gasteiger partial charge in [-0.05, 0) is 32.2 Å². The summed E-state index contributed by atoms with van der Waals surface area (Å²) in [5, 5.41) is 13.6. The molecule has 0 saturated carbocycles. The second-order valence-electron chi connectivity index (χ2n) is 4.90. The molecule has 0 aliphatic carbocycles. The van der Waals surface area contributed by atoms with Gasteiger partial charge in [0.2, 0.25) is 0 Å². The van der Waals surface area contributed by atoms with Gasteiger partial charge >= 0.3 is 6.09 Å². The van der Waals surface area contributed by atoms with Crippen molar-refractivity contribution in [3.63, 3.8) is 0 Å². The molecule has 0 saturated heterocycles. The zero-order valence-corrected chi connectivity index (χ0v) is 12.3. The van der Waals surface area contributed by atoms with Crippen LogP contribution in [0.15, 0.2) is 11.4 Å². The molecule has 1 heterocycles. The standard InChI is InChI=1S/C14H19NO3S/c1-14(2,3)18-13(17)15-8-5-4-6-11-7-9-19-12(11)10-16/h7,9,16H,5,8,10H2,1-3H3,(H,15,17). The number of alkyl carbamates (subject to hydrolysis) is 1. The number of aliphatic hydroxyl groups is 1. The van der Waals surface area contributed by atoms with Gasteiger partial charge in [0, 0.05) is 23.4 Å². The van der Waals surface area contributed by atoms with Crippen molar-refractivity contribution in [2.75, 3.05) is 6.54 Å². The van der Waals surface area contributed by atoms with E-state index in [1.807, 2.05) is 32.2 Å². The summed E-state index contributed by atoms with van der Waals surface area (Å²) in [6, 6.07) is 1.88. The minimum atomic E-state index is -0.484. The number of nitrogens with one attached hydrogen (secondary N) is 1. The summed E-state index contributed by atoms with van der Waals surface area (Å²) in [4.78, 5) is 12.2. The summed E-state index contributed by atoms with van der Waals surface area (Å²) in [6.07, 6.45) is 0.112. The van der Waals surface area contributed by atoms with Crippen molar-refractivity contribution < 1.29 is 14.6 Å². The summed E-state index contributed by atoms with van der Waals surface area (Å²) in [6.45, 7) is 5.91. The maximum atomic E-state index is 11.3. The Bertz CT molecular complexity index is 477. The number of amides is 1. The number of ether oxygens (including phenoxy) is 1. The molecule has 5 heteroatoms. The van der Waals surface area contributed by atoms with Crippen molar-refractivity contribution in [1.82, 2.24) is 5.32 Å². The number of hydrogen-bond acceptors (Lipinski definition) is 4. The molecule has 1 amide bonds. The second-order valence-corrected chi connectivity index (χ2v) is 5.90. The van der Waals surface area contributed by atoms with E-state index in [9.17, 15) is 4.79 Å². The summed E-state index contributed by atoms with van der Waals surface area (Å²) >= 11 is 1.48. The Hall–Kier alpha value is -1.51. The molecule has 0 spiro atoms. The fourth-order valence-electron chi connectivity index (χ4n) is 1.27. The zero-order chi connectivity index (χ0) is 14.3. The second kappa shape index (κ2) is 7.17. The average Bonchev–Trinajstić information content (AvgIpc) is 2.73. The third-order valence-corrected chi connectivity index (χ3v) is 2.94. The van der Waals surface area contributed by atoms with Gasteiger partial charge < -0.3 is 15.2 Å². The van der Waals surface area contributed by atoms with Crippen molar-refractivity contribution in [1.29, 1.82) is 0 Å². The van der Waals surface area contributed by atoms with Gasteiger partial charge in [-0.2, -0.15) is 0 Å². The van der Waals surface area contributed by atoms with Crippen LogP contribution < -0.4 is 5.32 Å². The molecule has 104 valence electrons. The van der Waals surface area contributed by atoms with Gasteiger partial charge in [-0.3, -0.25) is 0 Å². The van der Waals surface area contributed by atoms with E-state index in [4.69, 9.17) is 9.84 Å². The van der Waals surface area contributed by atoms with Crippen molar-refractivity contribution in [3.05, 3.63) is 21.9 Å². The third-order valence-electron chi connectivity index (χ3n) is 2.03. The van der Waals surface area contributed by atoms with Crippen LogP contribution >= 0.6 is 11.3 Å². The molecule has 1 aromatic heterocycles. The summed E-state index contributed by atoms with van der Waals surface area (Å²) < 4.78 is 5.10. The number of carbonyl (C=O) groups excluding carboxylic acids is 1. The monoisotopic (exact) mass is 281 g/mol. The van der Waals surface area contributed by atoms with Crippen LogP contribution in [0.25, 0.3) is 0 Å². The predicted molar refractivity (Wildman–Crippen MR) is 76.0 cm³/mol. The van der Waals surface area contributed by atoms with Crippen LogP contribution in [0.1, 0.15) is 37.6 Å². The minimum absolute atomic E-state index is 0.0117. The van der Waals surface area contributed by atoms with E-state index >= 15 is 0 Å². The van der Waals surface area contributed by atoms with Crippen LogP contribution in [0.2, 0.25) is 0 Å². The number of rotatable bonds is 3. The van der Waals surface area contributed by atoms with E-state index in [0.29, 0.717) is 13.0 Å². The Morgan fingerprint density at radius 1 is 1.53 bits per heavy atom. The molecule has 0 bridgehead atoms. The highest BCUT2D eigenvalue weighted by Crippen LogP contribution is 2.15. The van der Waals surface area contributed by atoms with Crippen molar-refractivity contribution in [3.8, 4) is 11.8 Å². The molecule has 0 radical (unpaired) electrons. The molecule has 4 nitrogen and oxygen atoms in total. The van der Waals surface area contributed by atoms with Gasteiger partial charge in [-0.1, -0.05) is 11.8 Å². The van der Waals surface area contributed by atoms with Crippen LogP contribution in [0.4, 0.5) is 4.79 Å². The first kappa shape index (κ1) is 15.5. The Morgan fingerprint density at radius 2 is 2.26 bits per heavy atom. The van der Waals surface area contributed by atoms with Gasteiger partial charge in [-0.15, -0.1) is 11.3 Å². The number of aliphatic hydroxyl groups excluding tert-OH is 1. The minimum Gasteiger partial charge on any atom is -0.444 e. The maximum absolute atomic E-state index is 11.3. The molecule has 0 aliphatic heterocycles. The lowest BCUT2D eigenvalue weighted by atomic mass is 10.2. The number of hydrogen-bond donors (Lipinski definition) is 2. The van der Waals surface area contributed by atoms with Crippen molar-refractivity contribution in [2.24, 2.45) is 0 Å². The van der Waals surface area contributed by atoms with E-state index in [0.717, 1.165) is 10.4 Å². The highest BCUT2D eigenvalue weighted by molar-refractivity contribution is 7.10. The predicted octanol–water partition coefficient (Wildman–Crippen LogP) is 2.51. The molecule has 0 atom stereocenters. The topological polar surface area (TPSA) is 58.6 Å². The third kappa shape index (κ3) is 6.27. The highest BCUT2D eigenvalue weighted by atomic mass is 32.1. The van der Waals surface area contributed by atoms with Crippen LogP contribution in [-0.2, 0) is 11.3 Å². The van der Waals surface area contributed by atoms with E-state index in [-0.39, 0.29) is 6.61 Å². The van der Waals surface area contributed by atoms with Gasteiger partial charge in [0.05, 0.1) is 6.61 Å². The quantitative estimate of drug-likeness (QED) is 0.661. The fraction of sp³-hybridized carbons (Fsp3) is 0.500. The van der Waals surface area contributed by atoms with E-state index in [1.165, 1.54) is 11.3 Å². The molecule has 19 heavy (non-hydrogen) atoms. The van der Waals surface area contributed by atoms with Gasteiger partial charge in [0.25, 0.3) is 0 Å². The van der Waals surface area contributed by atoms with Crippen molar-refractivity contribution in [2.45, 2.75) is 39.4 Å². The largest absolute Gasteiger partial charge is 0.444 e. The molecular weight excluding hydrogens is 262 g/mol. The Balaban J connectivity index is 2.30. The maximum Gasteiger partial charge on any atom is 0.407 e. The Kier molecular flexibility index (Phi) is 5.87. The fourth-order valence-corrected chi connectivity index (χ4v) is 1.96. The lowest BCUT2D eigenvalue weighted by Gasteiger charge is -2.19. The average molecular weight is 281 g/mol. The van der Waals surface area contributed by atoms with E-state index in [1.54, 1.807) is 0 Å². The smallest absolute Gasteiger partial charge is 0.407 e. The molecule has 0 aromatic carbocycles. The van der Waals surface area contributed by atoms with Crippen LogP contribution in [0.5, 0.6) is 0 Å². The molecule has 2 N–H and O–H groups in total. The van der Waals surface area contributed by atoms with Gasteiger partial charge in [0.15, 0.2) is 0 Å². The molecular formula is C14H19NO3S. The summed E-state index contributed by atoms with van der Waals surface area (Å²) in [7, 11) is 0. The Morgan fingerprint density at radius 3 is 2.89 bits per heavy atom. The first-order valence-electron chi connectivity index (χ1n) is 6.05. The van der Waals surface area contributed by atoms with Crippen LogP contribution in [0, 0.1) is 11.8 Å². The number of carbonyl (C=O) groups is 1. The highest BCUT2D eigenvalue weighted by Gasteiger charge is 2.15. The molecule has 1 rings (SSSR count). The first-order chi connectivity index (χ1) is 8.92. The molecule has 0 fully saturated rings. The van der Waals surface area contributed by atoms with Gasteiger partial charge in [0.1, 0.15) is 5.60 Å².